The topological polar surface area (TPSA) is 67.9 Å². The van der Waals surface area contributed by atoms with Gasteiger partial charge in [-0.15, -0.1) is 0 Å². The van der Waals surface area contributed by atoms with Gasteiger partial charge in [0.2, 0.25) is 11.8 Å². The van der Waals surface area contributed by atoms with Crippen molar-refractivity contribution in [1.82, 2.24) is 10.2 Å². The van der Waals surface area contributed by atoms with Gasteiger partial charge in [0.05, 0.1) is 23.3 Å². The second-order valence-corrected chi connectivity index (χ2v) is 9.05. The molecule has 0 aromatic heterocycles. The van der Waals surface area contributed by atoms with Crippen molar-refractivity contribution in [3.8, 4) is 11.5 Å². The zero-order valence-electron chi connectivity index (χ0n) is 21.0. The van der Waals surface area contributed by atoms with Gasteiger partial charge in [-0.3, -0.25) is 9.59 Å². The summed E-state index contributed by atoms with van der Waals surface area (Å²) in [6.07, 6.45) is 2.62. The summed E-state index contributed by atoms with van der Waals surface area (Å²) >= 11 is 12.2. The van der Waals surface area contributed by atoms with E-state index in [4.69, 9.17) is 32.7 Å². The highest BCUT2D eigenvalue weighted by atomic mass is 35.5. The van der Waals surface area contributed by atoms with Crippen LogP contribution in [0.2, 0.25) is 10.0 Å². The minimum absolute atomic E-state index is 0.124. The molecule has 0 fully saturated rings. The molecule has 2 aromatic rings. The van der Waals surface area contributed by atoms with Crippen molar-refractivity contribution in [3.63, 3.8) is 0 Å². The maximum absolute atomic E-state index is 13.4. The first-order valence-electron chi connectivity index (χ1n) is 12.2. The molecule has 0 heterocycles. The summed E-state index contributed by atoms with van der Waals surface area (Å²) in [5.74, 6) is 1.05. The number of halogens is 2. The summed E-state index contributed by atoms with van der Waals surface area (Å²) in [6, 6.07) is 10.3. The summed E-state index contributed by atoms with van der Waals surface area (Å²) in [7, 11) is 0. The number of carbonyl (C=O) groups excluding carboxylic acids is 2. The van der Waals surface area contributed by atoms with E-state index in [9.17, 15) is 9.59 Å². The highest BCUT2D eigenvalue weighted by Crippen LogP contribution is 2.29. The minimum Gasteiger partial charge on any atom is -0.490 e. The quantitative estimate of drug-likeness (QED) is 0.306. The number of nitrogens with one attached hydrogen (secondary N) is 1. The monoisotopic (exact) mass is 522 g/mol. The molecule has 0 aliphatic rings. The number of rotatable bonds is 14. The summed E-state index contributed by atoms with van der Waals surface area (Å²) in [4.78, 5) is 27.7. The second-order valence-electron chi connectivity index (χ2n) is 8.24. The van der Waals surface area contributed by atoms with Crippen LogP contribution in [-0.4, -0.2) is 42.5 Å². The molecule has 1 atom stereocenters. The number of amides is 2. The van der Waals surface area contributed by atoms with E-state index in [1.165, 1.54) is 0 Å². The Kier molecular flexibility index (Phi) is 12.2. The van der Waals surface area contributed by atoms with E-state index in [0.29, 0.717) is 47.7 Å². The van der Waals surface area contributed by atoms with Gasteiger partial charge in [0.25, 0.3) is 0 Å². The van der Waals surface area contributed by atoms with Crippen molar-refractivity contribution >= 4 is 35.0 Å². The first-order chi connectivity index (χ1) is 16.8. The van der Waals surface area contributed by atoms with Gasteiger partial charge in [0, 0.05) is 19.5 Å². The van der Waals surface area contributed by atoms with Crippen molar-refractivity contribution in [3.05, 3.63) is 57.6 Å². The average molecular weight is 524 g/mol. The van der Waals surface area contributed by atoms with E-state index in [-0.39, 0.29) is 24.8 Å². The van der Waals surface area contributed by atoms with Gasteiger partial charge in [-0.25, -0.2) is 0 Å². The third kappa shape index (κ3) is 8.93. The molecule has 2 rings (SSSR count). The van der Waals surface area contributed by atoms with Crippen LogP contribution >= 0.6 is 23.2 Å². The van der Waals surface area contributed by atoms with E-state index in [2.05, 4.69) is 12.2 Å². The van der Waals surface area contributed by atoms with Gasteiger partial charge in [0.1, 0.15) is 6.04 Å². The molecule has 2 amide bonds. The Balaban J connectivity index is 2.18. The van der Waals surface area contributed by atoms with Crippen LogP contribution in [0.3, 0.4) is 0 Å². The molecule has 0 radical (unpaired) electrons. The van der Waals surface area contributed by atoms with Crippen LogP contribution in [0.5, 0.6) is 11.5 Å². The number of hydrogen-bond acceptors (Lipinski definition) is 4. The zero-order valence-corrected chi connectivity index (χ0v) is 22.5. The Morgan fingerprint density at radius 3 is 2.29 bits per heavy atom. The van der Waals surface area contributed by atoms with E-state index < -0.39 is 6.04 Å². The van der Waals surface area contributed by atoms with Crippen LogP contribution in [0.4, 0.5) is 0 Å². The summed E-state index contributed by atoms with van der Waals surface area (Å²) in [6.45, 7) is 9.55. The molecule has 0 spiro atoms. The van der Waals surface area contributed by atoms with Crippen LogP contribution < -0.4 is 14.8 Å². The van der Waals surface area contributed by atoms with Gasteiger partial charge < -0.3 is 19.7 Å². The highest BCUT2D eigenvalue weighted by molar-refractivity contribution is 6.42. The van der Waals surface area contributed by atoms with Crippen LogP contribution in [0.1, 0.15) is 58.1 Å². The van der Waals surface area contributed by atoms with Gasteiger partial charge in [0.15, 0.2) is 11.5 Å². The normalized spacial score (nSPS) is 11.6. The molecule has 0 saturated heterocycles. The largest absolute Gasteiger partial charge is 0.490 e. The Labute approximate surface area is 218 Å². The molecule has 35 heavy (non-hydrogen) atoms. The lowest BCUT2D eigenvalue weighted by Crippen LogP contribution is -2.47. The Morgan fingerprint density at radius 2 is 1.63 bits per heavy atom. The van der Waals surface area contributed by atoms with E-state index in [1.54, 1.807) is 24.0 Å². The molecular formula is C27H36Cl2N2O4. The summed E-state index contributed by atoms with van der Waals surface area (Å²) in [5.41, 5.74) is 1.76. The van der Waals surface area contributed by atoms with Crippen LogP contribution in [0.15, 0.2) is 36.4 Å². The van der Waals surface area contributed by atoms with Crippen LogP contribution in [0.25, 0.3) is 0 Å². The molecule has 0 aliphatic heterocycles. The van der Waals surface area contributed by atoms with E-state index in [0.717, 1.165) is 24.0 Å². The first kappa shape index (κ1) is 28.8. The molecular weight excluding hydrogens is 487 g/mol. The predicted molar refractivity (Wildman–Crippen MR) is 141 cm³/mol. The van der Waals surface area contributed by atoms with Crippen LogP contribution in [-0.2, 0) is 22.6 Å². The Hall–Kier alpha value is -2.44. The second kappa shape index (κ2) is 14.8. The van der Waals surface area contributed by atoms with Gasteiger partial charge in [-0.2, -0.15) is 0 Å². The van der Waals surface area contributed by atoms with Gasteiger partial charge in [-0.05, 0) is 69.0 Å². The molecule has 0 bridgehead atoms. The zero-order chi connectivity index (χ0) is 25.8. The lowest BCUT2D eigenvalue weighted by atomic mass is 10.1. The van der Waals surface area contributed by atoms with Crippen molar-refractivity contribution < 1.29 is 19.1 Å². The SMILES string of the molecule is CCCCNC(=O)C(C)N(Cc1ccc(Cl)c(Cl)c1)C(=O)CCc1ccc(OCC)c(OCC)c1. The average Bonchev–Trinajstić information content (AvgIpc) is 2.84. The van der Waals surface area contributed by atoms with Gasteiger partial charge >= 0.3 is 0 Å². The fraction of sp³-hybridized carbons (Fsp3) is 0.481. The predicted octanol–water partition coefficient (Wildman–Crippen LogP) is 6.06. The maximum Gasteiger partial charge on any atom is 0.242 e. The number of aryl methyl sites for hydroxylation is 1. The molecule has 192 valence electrons. The smallest absolute Gasteiger partial charge is 0.242 e. The fourth-order valence-corrected chi connectivity index (χ4v) is 3.92. The molecule has 8 heteroatoms. The Bertz CT molecular complexity index is 984. The third-order valence-corrected chi connectivity index (χ3v) is 6.31. The van der Waals surface area contributed by atoms with Gasteiger partial charge in [-0.1, -0.05) is 48.7 Å². The lowest BCUT2D eigenvalue weighted by molar-refractivity contribution is -0.140. The minimum atomic E-state index is -0.631. The Morgan fingerprint density at radius 1 is 0.943 bits per heavy atom. The van der Waals surface area contributed by atoms with E-state index >= 15 is 0 Å². The van der Waals surface area contributed by atoms with Crippen LogP contribution in [0, 0.1) is 0 Å². The third-order valence-electron chi connectivity index (χ3n) is 5.57. The number of carbonyl (C=O) groups is 2. The number of ether oxygens (including phenoxy) is 2. The summed E-state index contributed by atoms with van der Waals surface area (Å²) < 4.78 is 11.3. The first-order valence-corrected chi connectivity index (χ1v) is 13.0. The number of hydrogen-bond donors (Lipinski definition) is 1. The van der Waals surface area contributed by atoms with Crippen molar-refractivity contribution in [2.75, 3.05) is 19.8 Å². The standard InChI is InChI=1S/C27H36Cl2N2O4/c1-5-8-15-30-27(33)19(4)31(18-21-9-12-22(28)23(29)16-21)26(32)14-11-20-10-13-24(34-6-2)25(17-20)35-7-3/h9-10,12-13,16-17,19H,5-8,11,14-15,18H2,1-4H3,(H,30,33). The molecule has 1 N–H and O–H groups in total. The highest BCUT2D eigenvalue weighted by Gasteiger charge is 2.26. The molecule has 6 nitrogen and oxygen atoms in total. The summed E-state index contributed by atoms with van der Waals surface area (Å²) in [5, 5.41) is 3.78. The van der Waals surface area contributed by atoms with Crippen molar-refractivity contribution in [2.24, 2.45) is 0 Å². The number of nitrogens with zero attached hydrogens (tertiary/aromatic N) is 1. The number of unbranched alkanes of at least 4 members (excludes halogenated alkanes) is 1. The van der Waals surface area contributed by atoms with E-state index in [1.807, 2.05) is 38.1 Å². The fourth-order valence-electron chi connectivity index (χ4n) is 3.60. The molecule has 1 unspecified atom stereocenters. The maximum atomic E-state index is 13.4. The molecule has 2 aromatic carbocycles. The molecule has 0 aliphatic carbocycles. The van der Waals surface area contributed by atoms with Crippen molar-refractivity contribution in [2.45, 2.75) is 66.0 Å². The van der Waals surface area contributed by atoms with Crippen molar-refractivity contribution in [1.29, 1.82) is 0 Å². The number of benzene rings is 2. The lowest BCUT2D eigenvalue weighted by Gasteiger charge is -2.29. The molecule has 0 saturated carbocycles.